The van der Waals surface area contributed by atoms with Gasteiger partial charge in [0.15, 0.2) is 6.10 Å². The lowest BCUT2D eigenvalue weighted by atomic mass is 10.1. The number of rotatable bonds is 50. The molecule has 0 rings (SSSR count). The molecule has 0 aromatic heterocycles. The Morgan fingerprint density at radius 3 is 1.18 bits per heavy atom. The topological polar surface area (TPSA) is 61.8 Å². The zero-order valence-corrected chi connectivity index (χ0v) is 41.6. The summed E-state index contributed by atoms with van der Waals surface area (Å²) in [5, 5.41) is 0. The lowest BCUT2D eigenvalue weighted by molar-refractivity contribution is -0.163. The van der Waals surface area contributed by atoms with E-state index in [4.69, 9.17) is 14.2 Å². The first-order valence-corrected chi connectivity index (χ1v) is 27.2. The van der Waals surface area contributed by atoms with E-state index in [1.165, 1.54) is 173 Å². The predicted molar refractivity (Wildman–Crippen MR) is 270 cm³/mol. The molecular formula is C57H104O5. The molecule has 0 bridgehead atoms. The molecule has 0 aromatic rings. The molecule has 0 spiro atoms. The summed E-state index contributed by atoms with van der Waals surface area (Å²) in [5.74, 6) is -0.406. The Balaban J connectivity index is 4.23. The molecule has 0 saturated carbocycles. The van der Waals surface area contributed by atoms with Crippen LogP contribution in [0.4, 0.5) is 0 Å². The van der Waals surface area contributed by atoms with E-state index in [1.807, 2.05) is 0 Å². The maximum atomic E-state index is 12.8. The fourth-order valence-electron chi connectivity index (χ4n) is 7.81. The standard InChI is InChI=1S/C57H104O5/c1-4-7-10-13-16-19-22-25-27-28-29-30-32-33-35-38-41-44-47-50-56(58)61-54-55(53-60-52-49-46-43-40-37-24-21-18-15-12-9-6-3)62-57(59)51-48-45-42-39-36-34-31-26-23-20-17-14-11-8-5-2/h8,11,17,20,25-27,31,55H,4-7,9-10,12-16,18-19,21-24,28-30,32-54H2,1-3H3/b11-8-,20-17-,27-25-,31-26-. The summed E-state index contributed by atoms with van der Waals surface area (Å²) in [6, 6.07) is 0. The zero-order chi connectivity index (χ0) is 44.9. The number of esters is 2. The minimum atomic E-state index is -0.542. The van der Waals surface area contributed by atoms with Crippen LogP contribution in [0, 0.1) is 0 Å². The van der Waals surface area contributed by atoms with E-state index in [0.29, 0.717) is 19.4 Å². The van der Waals surface area contributed by atoms with E-state index in [2.05, 4.69) is 69.4 Å². The van der Waals surface area contributed by atoms with Crippen LogP contribution in [0.15, 0.2) is 48.6 Å². The molecule has 0 aromatic carbocycles. The second-order valence-corrected chi connectivity index (χ2v) is 18.1. The highest BCUT2D eigenvalue weighted by Crippen LogP contribution is 2.15. The van der Waals surface area contributed by atoms with Gasteiger partial charge in [-0.05, 0) is 77.0 Å². The Morgan fingerprint density at radius 1 is 0.371 bits per heavy atom. The van der Waals surface area contributed by atoms with Crippen LogP contribution >= 0.6 is 0 Å². The summed E-state index contributed by atoms with van der Waals surface area (Å²) >= 11 is 0. The lowest BCUT2D eigenvalue weighted by Crippen LogP contribution is -2.30. The minimum Gasteiger partial charge on any atom is -0.462 e. The number of ether oxygens (including phenoxy) is 3. The molecular weight excluding hydrogens is 765 g/mol. The van der Waals surface area contributed by atoms with Crippen LogP contribution in [-0.4, -0.2) is 37.9 Å². The van der Waals surface area contributed by atoms with E-state index in [1.54, 1.807) is 0 Å². The monoisotopic (exact) mass is 869 g/mol. The predicted octanol–water partition coefficient (Wildman–Crippen LogP) is 18.3. The number of hydrogen-bond acceptors (Lipinski definition) is 5. The molecule has 0 fully saturated rings. The van der Waals surface area contributed by atoms with Gasteiger partial charge in [-0.15, -0.1) is 0 Å². The molecule has 62 heavy (non-hydrogen) atoms. The third-order valence-corrected chi connectivity index (χ3v) is 11.8. The van der Waals surface area contributed by atoms with Crippen molar-refractivity contribution in [3.8, 4) is 0 Å². The second kappa shape index (κ2) is 53.2. The van der Waals surface area contributed by atoms with Gasteiger partial charge in [-0.25, -0.2) is 0 Å². The van der Waals surface area contributed by atoms with E-state index in [-0.39, 0.29) is 25.2 Å². The van der Waals surface area contributed by atoms with Gasteiger partial charge in [-0.3, -0.25) is 9.59 Å². The van der Waals surface area contributed by atoms with Gasteiger partial charge in [0.1, 0.15) is 6.61 Å². The number of hydrogen-bond donors (Lipinski definition) is 0. The highest BCUT2D eigenvalue weighted by atomic mass is 16.6. The third kappa shape index (κ3) is 50.5. The van der Waals surface area contributed by atoms with Gasteiger partial charge >= 0.3 is 11.9 Å². The molecule has 0 aliphatic rings. The van der Waals surface area contributed by atoms with Crippen molar-refractivity contribution >= 4 is 11.9 Å². The van der Waals surface area contributed by atoms with Crippen molar-refractivity contribution in [3.63, 3.8) is 0 Å². The van der Waals surface area contributed by atoms with Gasteiger partial charge < -0.3 is 14.2 Å². The van der Waals surface area contributed by atoms with Crippen molar-refractivity contribution in [1.29, 1.82) is 0 Å². The summed E-state index contributed by atoms with van der Waals surface area (Å²) in [6.45, 7) is 7.73. The van der Waals surface area contributed by atoms with Crippen LogP contribution in [-0.2, 0) is 23.8 Å². The molecule has 0 radical (unpaired) electrons. The van der Waals surface area contributed by atoms with Crippen molar-refractivity contribution < 1.29 is 23.8 Å². The summed E-state index contributed by atoms with van der Waals surface area (Å²) in [4.78, 5) is 25.4. The molecule has 5 nitrogen and oxygen atoms in total. The molecule has 1 unspecified atom stereocenters. The average Bonchev–Trinajstić information content (AvgIpc) is 3.27. The van der Waals surface area contributed by atoms with Crippen molar-refractivity contribution in [1.82, 2.24) is 0 Å². The van der Waals surface area contributed by atoms with Crippen molar-refractivity contribution in [2.75, 3.05) is 19.8 Å². The molecule has 0 heterocycles. The van der Waals surface area contributed by atoms with E-state index >= 15 is 0 Å². The molecule has 0 aliphatic heterocycles. The smallest absolute Gasteiger partial charge is 0.306 e. The highest BCUT2D eigenvalue weighted by molar-refractivity contribution is 5.70. The average molecular weight is 869 g/mol. The molecule has 0 aliphatic carbocycles. The van der Waals surface area contributed by atoms with Crippen LogP contribution in [0.5, 0.6) is 0 Å². The number of carbonyl (C=O) groups excluding carboxylic acids is 2. The fourth-order valence-corrected chi connectivity index (χ4v) is 7.81. The summed E-state index contributed by atoms with van der Waals surface area (Å²) in [7, 11) is 0. The van der Waals surface area contributed by atoms with Crippen LogP contribution in [0.1, 0.15) is 278 Å². The Bertz CT molecular complexity index is 1030. The van der Waals surface area contributed by atoms with Crippen LogP contribution in [0.25, 0.3) is 0 Å². The SMILES string of the molecule is CC/C=C\C/C=C\C/C=C\CCCCCCCC(=O)OC(COCCCCCCCCCCCCCC)COC(=O)CCCCCCCCCCC/C=C\CCCCCCCC. The summed E-state index contributed by atoms with van der Waals surface area (Å²) in [6.07, 6.45) is 65.5. The molecule has 1 atom stereocenters. The van der Waals surface area contributed by atoms with E-state index in [0.717, 1.165) is 70.6 Å². The van der Waals surface area contributed by atoms with E-state index < -0.39 is 6.10 Å². The summed E-state index contributed by atoms with van der Waals surface area (Å²) < 4.78 is 17.4. The summed E-state index contributed by atoms with van der Waals surface area (Å²) in [5.41, 5.74) is 0. The maximum absolute atomic E-state index is 12.8. The molecule has 362 valence electrons. The first-order valence-electron chi connectivity index (χ1n) is 27.2. The largest absolute Gasteiger partial charge is 0.462 e. The quantitative estimate of drug-likeness (QED) is 0.0346. The van der Waals surface area contributed by atoms with Gasteiger partial charge in [0.25, 0.3) is 0 Å². The van der Waals surface area contributed by atoms with Crippen LogP contribution < -0.4 is 0 Å². The van der Waals surface area contributed by atoms with Crippen molar-refractivity contribution in [3.05, 3.63) is 48.6 Å². The Hall–Kier alpha value is -2.14. The molecule has 0 saturated heterocycles. The number of carbonyl (C=O) groups is 2. The number of allylic oxidation sites excluding steroid dienone is 8. The van der Waals surface area contributed by atoms with Gasteiger partial charge in [0, 0.05) is 19.4 Å². The zero-order valence-electron chi connectivity index (χ0n) is 41.6. The fraction of sp³-hybridized carbons (Fsp3) is 0.825. The first-order chi connectivity index (χ1) is 30.6. The Kier molecular flexibility index (Phi) is 51.4. The first kappa shape index (κ1) is 59.9. The van der Waals surface area contributed by atoms with Gasteiger partial charge in [-0.2, -0.15) is 0 Å². The number of unbranched alkanes of at least 4 members (excludes halogenated alkanes) is 31. The Labute approximate surface area is 386 Å². The van der Waals surface area contributed by atoms with Gasteiger partial charge in [-0.1, -0.05) is 236 Å². The minimum absolute atomic E-state index is 0.0805. The molecule has 0 amide bonds. The normalized spacial score (nSPS) is 12.5. The lowest BCUT2D eigenvalue weighted by Gasteiger charge is -2.18. The van der Waals surface area contributed by atoms with Gasteiger partial charge in [0.2, 0.25) is 0 Å². The molecule has 5 heteroatoms. The van der Waals surface area contributed by atoms with E-state index in [9.17, 15) is 9.59 Å². The van der Waals surface area contributed by atoms with Crippen LogP contribution in [0.3, 0.4) is 0 Å². The van der Waals surface area contributed by atoms with Crippen molar-refractivity contribution in [2.45, 2.75) is 284 Å². The third-order valence-electron chi connectivity index (χ3n) is 11.8. The van der Waals surface area contributed by atoms with Crippen molar-refractivity contribution in [2.24, 2.45) is 0 Å². The highest BCUT2D eigenvalue weighted by Gasteiger charge is 2.17. The Morgan fingerprint density at radius 2 is 0.726 bits per heavy atom. The second-order valence-electron chi connectivity index (χ2n) is 18.1. The van der Waals surface area contributed by atoms with Crippen LogP contribution in [0.2, 0.25) is 0 Å². The molecule has 0 N–H and O–H groups in total. The van der Waals surface area contributed by atoms with Gasteiger partial charge in [0.05, 0.1) is 6.61 Å². The maximum Gasteiger partial charge on any atom is 0.306 e.